The van der Waals surface area contributed by atoms with Crippen molar-refractivity contribution in [2.75, 3.05) is 10.0 Å². The second-order valence-electron chi connectivity index (χ2n) is 7.82. The highest BCUT2D eigenvalue weighted by molar-refractivity contribution is 7.92. The van der Waals surface area contributed by atoms with Crippen LogP contribution in [0.5, 0.6) is 11.5 Å². The van der Waals surface area contributed by atoms with Crippen molar-refractivity contribution < 1.29 is 13.2 Å². The van der Waals surface area contributed by atoms with Crippen LogP contribution >= 0.6 is 0 Å². The molecule has 0 bridgehead atoms. The number of imidazole rings is 1. The first-order valence-electron chi connectivity index (χ1n) is 11.0. The summed E-state index contributed by atoms with van der Waals surface area (Å²) in [5.41, 5.74) is 1.18. The van der Waals surface area contributed by atoms with Crippen LogP contribution in [0, 0.1) is 6.92 Å². The zero-order valence-corrected chi connectivity index (χ0v) is 20.1. The van der Waals surface area contributed by atoms with Crippen LogP contribution in [0.4, 0.5) is 17.2 Å². The highest BCUT2D eigenvalue weighted by Gasteiger charge is 2.14. The summed E-state index contributed by atoms with van der Waals surface area (Å²) in [4.78, 5) is 13.0. The molecule has 0 saturated heterocycles. The van der Waals surface area contributed by atoms with Gasteiger partial charge in [0.25, 0.3) is 10.0 Å². The maximum atomic E-state index is 12.8. The second-order valence-corrected chi connectivity index (χ2v) is 9.51. The number of nitrogens with zero attached hydrogens (tertiary/aromatic N) is 4. The van der Waals surface area contributed by atoms with Gasteiger partial charge in [-0.25, -0.2) is 23.4 Å². The number of hydrogen-bond donors (Lipinski definition) is 2. The van der Waals surface area contributed by atoms with Gasteiger partial charge in [-0.15, -0.1) is 0 Å². The van der Waals surface area contributed by atoms with Crippen molar-refractivity contribution in [2.45, 2.75) is 11.8 Å². The number of sulfonamides is 1. The molecule has 180 valence electrons. The third kappa shape index (κ3) is 5.50. The van der Waals surface area contributed by atoms with Crippen molar-refractivity contribution in [3.05, 3.63) is 109 Å². The van der Waals surface area contributed by atoms with Crippen LogP contribution < -0.4 is 14.8 Å². The van der Waals surface area contributed by atoms with Crippen molar-refractivity contribution in [2.24, 2.45) is 0 Å². The minimum absolute atomic E-state index is 0.133. The maximum Gasteiger partial charge on any atom is 0.261 e. The SMILES string of the molecule is Cc1nc(Nc2ccc(NS(=O)(=O)c3ccc(Oc4ccccc4)cc3)cc2)cc(-n2ccnc2)n1. The second kappa shape index (κ2) is 9.88. The normalized spacial score (nSPS) is 11.1. The van der Waals surface area contributed by atoms with Gasteiger partial charge in [0.2, 0.25) is 0 Å². The molecule has 2 aromatic heterocycles. The lowest BCUT2D eigenvalue weighted by atomic mass is 10.3. The molecule has 0 unspecified atom stereocenters. The molecule has 9 nitrogen and oxygen atoms in total. The van der Waals surface area contributed by atoms with E-state index in [1.54, 1.807) is 65.8 Å². The highest BCUT2D eigenvalue weighted by atomic mass is 32.2. The Morgan fingerprint density at radius 1 is 0.833 bits per heavy atom. The van der Waals surface area contributed by atoms with Crippen molar-refractivity contribution in [1.82, 2.24) is 19.5 Å². The van der Waals surface area contributed by atoms with E-state index in [4.69, 9.17) is 4.74 Å². The van der Waals surface area contributed by atoms with Crippen LogP contribution in [0.15, 0.2) is 109 Å². The lowest BCUT2D eigenvalue weighted by Crippen LogP contribution is -2.12. The third-order valence-corrected chi connectivity index (χ3v) is 6.51. The molecule has 0 aliphatic carbocycles. The Kier molecular flexibility index (Phi) is 6.33. The predicted molar refractivity (Wildman–Crippen MR) is 137 cm³/mol. The standard InChI is InChI=1S/C26H22N6O3S/c1-19-28-25(17-26(29-19)32-16-15-27-18-32)30-20-7-9-21(10-8-20)31-36(33,34)24-13-11-23(12-14-24)35-22-5-3-2-4-6-22/h2-18,31H,1H3,(H,28,29,30). The molecule has 3 aromatic carbocycles. The fourth-order valence-corrected chi connectivity index (χ4v) is 4.50. The molecule has 36 heavy (non-hydrogen) atoms. The van der Waals surface area contributed by atoms with Crippen LogP contribution in [-0.2, 0) is 10.0 Å². The molecule has 5 aromatic rings. The van der Waals surface area contributed by atoms with Crippen molar-refractivity contribution in [3.63, 3.8) is 0 Å². The van der Waals surface area contributed by atoms with Crippen molar-refractivity contribution >= 4 is 27.2 Å². The van der Waals surface area contributed by atoms with Crippen LogP contribution in [-0.4, -0.2) is 27.9 Å². The van der Waals surface area contributed by atoms with Gasteiger partial charge in [-0.2, -0.15) is 0 Å². The summed E-state index contributed by atoms with van der Waals surface area (Å²) in [6.45, 7) is 1.81. The van der Waals surface area contributed by atoms with Gasteiger partial charge < -0.3 is 10.1 Å². The average Bonchev–Trinajstić information content (AvgIpc) is 3.41. The molecule has 0 fully saturated rings. The fraction of sp³-hybridized carbons (Fsp3) is 0.0385. The molecular weight excluding hydrogens is 476 g/mol. The van der Waals surface area contributed by atoms with Gasteiger partial charge in [0.05, 0.1) is 4.90 Å². The minimum Gasteiger partial charge on any atom is -0.457 e. The van der Waals surface area contributed by atoms with Crippen LogP contribution in [0.2, 0.25) is 0 Å². The number of hydrogen-bond acceptors (Lipinski definition) is 7. The van der Waals surface area contributed by atoms with Gasteiger partial charge in [-0.3, -0.25) is 9.29 Å². The maximum absolute atomic E-state index is 12.8. The first-order chi connectivity index (χ1) is 17.4. The molecule has 0 atom stereocenters. The van der Waals surface area contributed by atoms with E-state index in [2.05, 4.69) is 25.0 Å². The van der Waals surface area contributed by atoms with E-state index < -0.39 is 10.0 Å². The van der Waals surface area contributed by atoms with Crippen molar-refractivity contribution in [1.29, 1.82) is 0 Å². The molecule has 0 spiro atoms. The number of para-hydroxylation sites is 1. The molecule has 5 rings (SSSR count). The Hall–Kier alpha value is -4.70. The van der Waals surface area contributed by atoms with Crippen LogP contribution in [0.1, 0.15) is 5.82 Å². The molecule has 0 amide bonds. The van der Waals surface area contributed by atoms with E-state index in [1.807, 2.05) is 37.3 Å². The van der Waals surface area contributed by atoms with E-state index in [1.165, 1.54) is 12.1 Å². The summed E-state index contributed by atoms with van der Waals surface area (Å²) in [5, 5.41) is 3.22. The van der Waals surface area contributed by atoms with E-state index in [0.717, 1.165) is 5.69 Å². The molecule has 10 heteroatoms. The molecule has 2 N–H and O–H groups in total. The van der Waals surface area contributed by atoms with Gasteiger partial charge in [-0.1, -0.05) is 18.2 Å². The van der Waals surface area contributed by atoms with Gasteiger partial charge in [0.15, 0.2) is 0 Å². The topological polar surface area (TPSA) is 111 Å². The summed E-state index contributed by atoms with van der Waals surface area (Å²) in [6.07, 6.45) is 5.14. The zero-order chi connectivity index (χ0) is 25.0. The zero-order valence-electron chi connectivity index (χ0n) is 19.2. The molecular formula is C26H22N6O3S. The fourth-order valence-electron chi connectivity index (χ4n) is 3.44. The van der Waals surface area contributed by atoms with Gasteiger partial charge >= 0.3 is 0 Å². The van der Waals surface area contributed by atoms with E-state index in [-0.39, 0.29) is 4.90 Å². The van der Waals surface area contributed by atoms with Gasteiger partial charge in [0.1, 0.15) is 35.3 Å². The summed E-state index contributed by atoms with van der Waals surface area (Å²) >= 11 is 0. The number of aryl methyl sites for hydroxylation is 1. The molecule has 0 radical (unpaired) electrons. The number of rotatable bonds is 8. The third-order valence-electron chi connectivity index (χ3n) is 5.12. The number of nitrogens with one attached hydrogen (secondary N) is 2. The number of ether oxygens (including phenoxy) is 1. The Morgan fingerprint density at radius 3 is 2.22 bits per heavy atom. The minimum atomic E-state index is -3.77. The average molecular weight is 499 g/mol. The largest absolute Gasteiger partial charge is 0.457 e. The molecule has 0 saturated carbocycles. The molecule has 2 heterocycles. The lowest BCUT2D eigenvalue weighted by Gasteiger charge is -2.11. The first kappa shape index (κ1) is 23.1. The number of aromatic nitrogens is 4. The van der Waals surface area contributed by atoms with Gasteiger partial charge in [-0.05, 0) is 67.6 Å². The number of anilines is 3. The van der Waals surface area contributed by atoms with Crippen molar-refractivity contribution in [3.8, 4) is 17.3 Å². The monoisotopic (exact) mass is 498 g/mol. The predicted octanol–water partition coefficient (Wildman–Crippen LogP) is 5.31. The quantitative estimate of drug-likeness (QED) is 0.298. The smallest absolute Gasteiger partial charge is 0.261 e. The Balaban J connectivity index is 1.25. The molecule has 0 aliphatic rings. The summed E-state index contributed by atoms with van der Waals surface area (Å²) < 4.78 is 35.8. The summed E-state index contributed by atoms with van der Waals surface area (Å²) in [7, 11) is -3.77. The van der Waals surface area contributed by atoms with Gasteiger partial charge in [0, 0.05) is 29.8 Å². The Bertz CT molecular complexity index is 1560. The Morgan fingerprint density at radius 2 is 1.53 bits per heavy atom. The summed E-state index contributed by atoms with van der Waals surface area (Å²) in [6, 6.07) is 24.2. The van der Waals surface area contributed by atoms with E-state index in [0.29, 0.717) is 34.6 Å². The lowest BCUT2D eigenvalue weighted by molar-refractivity contribution is 0.482. The van der Waals surface area contributed by atoms with Crippen LogP contribution in [0.25, 0.3) is 5.82 Å². The van der Waals surface area contributed by atoms with E-state index >= 15 is 0 Å². The summed E-state index contributed by atoms with van der Waals surface area (Å²) in [5.74, 6) is 3.12. The van der Waals surface area contributed by atoms with E-state index in [9.17, 15) is 8.42 Å². The Labute approximate surface area is 208 Å². The molecule has 0 aliphatic heterocycles. The first-order valence-corrected chi connectivity index (χ1v) is 12.5. The number of benzene rings is 3. The highest BCUT2D eigenvalue weighted by Crippen LogP contribution is 2.25. The van der Waals surface area contributed by atoms with Crippen LogP contribution in [0.3, 0.4) is 0 Å².